The standard InChI is InChI=1S/C12H16N2O5/c1-7-5-11(8(2)4-10(7)14(16)17)19-6-9(13)12(15)18-3/h4-5,9H,6,13H2,1-3H3. The van der Waals surface area contributed by atoms with Crippen LogP contribution < -0.4 is 10.5 Å². The lowest BCUT2D eigenvalue weighted by Crippen LogP contribution is -2.37. The van der Waals surface area contributed by atoms with Gasteiger partial charge in [0.2, 0.25) is 0 Å². The fourth-order valence-corrected chi connectivity index (χ4v) is 1.53. The van der Waals surface area contributed by atoms with Gasteiger partial charge in [0.25, 0.3) is 5.69 Å². The van der Waals surface area contributed by atoms with E-state index < -0.39 is 16.9 Å². The van der Waals surface area contributed by atoms with Crippen molar-refractivity contribution in [2.24, 2.45) is 5.73 Å². The molecule has 0 spiro atoms. The zero-order valence-electron chi connectivity index (χ0n) is 11.0. The molecule has 1 unspecified atom stereocenters. The summed E-state index contributed by atoms with van der Waals surface area (Å²) in [5, 5.41) is 10.8. The number of nitro groups is 1. The van der Waals surface area contributed by atoms with E-state index in [1.54, 1.807) is 19.9 Å². The van der Waals surface area contributed by atoms with Gasteiger partial charge in [-0.15, -0.1) is 0 Å². The first kappa shape index (κ1) is 14.9. The van der Waals surface area contributed by atoms with E-state index in [9.17, 15) is 14.9 Å². The summed E-state index contributed by atoms with van der Waals surface area (Å²) in [6.07, 6.45) is 0. The van der Waals surface area contributed by atoms with Crippen molar-refractivity contribution >= 4 is 11.7 Å². The van der Waals surface area contributed by atoms with Gasteiger partial charge in [0, 0.05) is 11.6 Å². The van der Waals surface area contributed by atoms with Gasteiger partial charge in [0.05, 0.1) is 12.0 Å². The molecule has 0 aromatic heterocycles. The molecule has 104 valence electrons. The lowest BCUT2D eigenvalue weighted by atomic mass is 10.1. The molecule has 0 saturated heterocycles. The molecule has 0 aliphatic heterocycles. The summed E-state index contributed by atoms with van der Waals surface area (Å²) < 4.78 is 9.86. The van der Waals surface area contributed by atoms with Crippen LogP contribution in [-0.2, 0) is 9.53 Å². The summed E-state index contributed by atoms with van der Waals surface area (Å²) in [7, 11) is 1.24. The molecule has 0 bridgehead atoms. The summed E-state index contributed by atoms with van der Waals surface area (Å²) in [5.74, 6) is -0.112. The number of benzene rings is 1. The van der Waals surface area contributed by atoms with Crippen molar-refractivity contribution in [3.05, 3.63) is 33.4 Å². The molecule has 1 rings (SSSR count). The van der Waals surface area contributed by atoms with Crippen molar-refractivity contribution in [2.75, 3.05) is 13.7 Å². The third kappa shape index (κ3) is 3.65. The van der Waals surface area contributed by atoms with E-state index in [2.05, 4.69) is 4.74 Å². The second-order valence-corrected chi connectivity index (χ2v) is 4.10. The Balaban J connectivity index is 2.83. The largest absolute Gasteiger partial charge is 0.491 e. The average molecular weight is 268 g/mol. The molecule has 7 nitrogen and oxygen atoms in total. The zero-order chi connectivity index (χ0) is 14.6. The first-order chi connectivity index (χ1) is 8.86. The van der Waals surface area contributed by atoms with Gasteiger partial charge < -0.3 is 15.2 Å². The van der Waals surface area contributed by atoms with Crippen LogP contribution >= 0.6 is 0 Å². The number of nitro benzene ring substituents is 1. The number of hydrogen-bond acceptors (Lipinski definition) is 6. The number of carbonyl (C=O) groups excluding carboxylic acids is 1. The van der Waals surface area contributed by atoms with E-state index in [0.717, 1.165) is 0 Å². The minimum atomic E-state index is -0.889. The summed E-state index contributed by atoms with van der Waals surface area (Å²) in [6, 6.07) is 2.09. The third-order valence-corrected chi connectivity index (χ3v) is 2.61. The van der Waals surface area contributed by atoms with Crippen molar-refractivity contribution in [1.29, 1.82) is 0 Å². The lowest BCUT2D eigenvalue weighted by Gasteiger charge is -2.13. The zero-order valence-corrected chi connectivity index (χ0v) is 11.0. The molecule has 1 aromatic rings. The van der Waals surface area contributed by atoms with E-state index in [0.29, 0.717) is 16.9 Å². The molecule has 0 aliphatic carbocycles. The smallest absolute Gasteiger partial charge is 0.326 e. The van der Waals surface area contributed by atoms with Gasteiger partial charge in [-0.25, -0.2) is 0 Å². The lowest BCUT2D eigenvalue weighted by molar-refractivity contribution is -0.385. The molecule has 0 radical (unpaired) electrons. The Kier molecular flexibility index (Phi) is 4.82. The quantitative estimate of drug-likeness (QED) is 0.487. The number of aryl methyl sites for hydroxylation is 2. The number of ether oxygens (including phenoxy) is 2. The Bertz CT molecular complexity index is 501. The van der Waals surface area contributed by atoms with Crippen LogP contribution in [0.5, 0.6) is 5.75 Å². The Hall–Kier alpha value is -2.15. The fourth-order valence-electron chi connectivity index (χ4n) is 1.53. The predicted octanol–water partition coefficient (Wildman–Crippen LogP) is 1.09. The van der Waals surface area contributed by atoms with E-state index in [-0.39, 0.29) is 12.3 Å². The highest BCUT2D eigenvalue weighted by atomic mass is 16.6. The summed E-state index contributed by atoms with van der Waals surface area (Å²) in [6.45, 7) is 3.25. The number of carbonyl (C=O) groups is 1. The Morgan fingerprint density at radius 1 is 1.42 bits per heavy atom. The molecule has 7 heteroatoms. The molecule has 0 fully saturated rings. The average Bonchev–Trinajstić information content (AvgIpc) is 2.37. The van der Waals surface area contributed by atoms with Gasteiger partial charge >= 0.3 is 5.97 Å². The van der Waals surface area contributed by atoms with Crippen molar-refractivity contribution in [1.82, 2.24) is 0 Å². The third-order valence-electron chi connectivity index (χ3n) is 2.61. The van der Waals surface area contributed by atoms with Crippen molar-refractivity contribution in [3.8, 4) is 5.75 Å². The molecular weight excluding hydrogens is 252 g/mol. The van der Waals surface area contributed by atoms with Crippen LogP contribution in [0.3, 0.4) is 0 Å². The maximum absolute atomic E-state index is 11.1. The first-order valence-electron chi connectivity index (χ1n) is 5.58. The molecule has 1 aromatic carbocycles. The minimum absolute atomic E-state index is 0.0297. The number of nitrogens with zero attached hydrogens (tertiary/aromatic N) is 1. The van der Waals surface area contributed by atoms with Crippen molar-refractivity contribution in [2.45, 2.75) is 19.9 Å². The highest BCUT2D eigenvalue weighted by molar-refractivity contribution is 5.75. The fraction of sp³-hybridized carbons (Fsp3) is 0.417. The Labute approximate surface area is 110 Å². The van der Waals surface area contributed by atoms with Crippen molar-refractivity contribution in [3.63, 3.8) is 0 Å². The number of nitrogens with two attached hydrogens (primary N) is 1. The second-order valence-electron chi connectivity index (χ2n) is 4.10. The van der Waals surface area contributed by atoms with Gasteiger partial charge in [-0.1, -0.05) is 0 Å². The first-order valence-corrected chi connectivity index (χ1v) is 5.58. The minimum Gasteiger partial charge on any atom is -0.491 e. The molecule has 0 saturated carbocycles. The van der Waals surface area contributed by atoms with Gasteiger partial charge in [-0.2, -0.15) is 0 Å². The van der Waals surface area contributed by atoms with E-state index in [1.165, 1.54) is 13.2 Å². The van der Waals surface area contributed by atoms with E-state index in [4.69, 9.17) is 10.5 Å². The molecule has 19 heavy (non-hydrogen) atoms. The summed E-state index contributed by atoms with van der Waals surface area (Å²) in [4.78, 5) is 21.4. The van der Waals surface area contributed by atoms with Crippen LogP contribution in [0.2, 0.25) is 0 Å². The highest BCUT2D eigenvalue weighted by Gasteiger charge is 2.17. The monoisotopic (exact) mass is 268 g/mol. The maximum Gasteiger partial charge on any atom is 0.326 e. The predicted molar refractivity (Wildman–Crippen MR) is 68.1 cm³/mol. The van der Waals surface area contributed by atoms with Crippen LogP contribution in [0, 0.1) is 24.0 Å². The van der Waals surface area contributed by atoms with E-state index in [1.807, 2.05) is 0 Å². The van der Waals surface area contributed by atoms with Gasteiger partial charge in [0.1, 0.15) is 18.4 Å². The SMILES string of the molecule is COC(=O)C(N)COc1cc(C)c([N+](=O)[O-])cc1C. The van der Waals surface area contributed by atoms with Crippen molar-refractivity contribution < 1.29 is 19.2 Å². The topological polar surface area (TPSA) is 105 Å². The molecule has 0 aliphatic rings. The number of methoxy groups -OCH3 is 1. The summed E-state index contributed by atoms with van der Waals surface area (Å²) in [5.41, 5.74) is 6.65. The molecular formula is C12H16N2O5. The van der Waals surface area contributed by atoms with Gasteiger partial charge in [0.15, 0.2) is 0 Å². The molecule has 0 amide bonds. The highest BCUT2D eigenvalue weighted by Crippen LogP contribution is 2.27. The van der Waals surface area contributed by atoms with Crippen LogP contribution in [-0.4, -0.2) is 30.7 Å². The molecule has 2 N–H and O–H groups in total. The van der Waals surface area contributed by atoms with Crippen LogP contribution in [0.4, 0.5) is 5.69 Å². The van der Waals surface area contributed by atoms with Crippen LogP contribution in [0.15, 0.2) is 12.1 Å². The normalized spacial score (nSPS) is 11.8. The maximum atomic E-state index is 11.1. The van der Waals surface area contributed by atoms with Gasteiger partial charge in [-0.3, -0.25) is 14.9 Å². The summed E-state index contributed by atoms with van der Waals surface area (Å²) >= 11 is 0. The van der Waals surface area contributed by atoms with Gasteiger partial charge in [-0.05, 0) is 25.5 Å². The number of hydrogen-bond donors (Lipinski definition) is 1. The number of esters is 1. The molecule has 1 atom stereocenters. The molecule has 0 heterocycles. The van der Waals surface area contributed by atoms with Crippen LogP contribution in [0.25, 0.3) is 0 Å². The Morgan fingerprint density at radius 3 is 2.58 bits per heavy atom. The van der Waals surface area contributed by atoms with Crippen LogP contribution in [0.1, 0.15) is 11.1 Å². The Morgan fingerprint density at radius 2 is 2.05 bits per heavy atom. The van der Waals surface area contributed by atoms with E-state index >= 15 is 0 Å². The number of rotatable bonds is 5. The second kappa shape index (κ2) is 6.14.